The van der Waals surface area contributed by atoms with Gasteiger partial charge in [-0.2, -0.15) is 0 Å². The number of aliphatic hydroxyl groups is 1. The van der Waals surface area contributed by atoms with E-state index in [9.17, 15) is 14.7 Å². The molecule has 0 aromatic carbocycles. The molecule has 0 aliphatic carbocycles. The van der Waals surface area contributed by atoms with E-state index in [0.717, 1.165) is 77.0 Å². The predicted molar refractivity (Wildman–Crippen MR) is 199 cm³/mol. The molecule has 0 aliphatic rings. The number of esters is 2. The zero-order valence-electron chi connectivity index (χ0n) is 30.7. The number of unbranched alkanes of at least 4 members (excludes halogenated alkanes) is 16. The summed E-state index contributed by atoms with van der Waals surface area (Å²) in [4.78, 5) is 25.0. The molecule has 0 saturated heterocycles. The molecular formula is C41H73NO5. The topological polar surface area (TPSA) is 84.9 Å². The SMILES string of the molecule is CCCCC/C=C\C/C=C\CCCCCCCC(=O)O[C@@H](CO)[C@H](CNC)OC(=O)CCCCCCC/C=C\C/C=C\CCCCC. The molecule has 0 amide bonds. The molecule has 0 saturated carbocycles. The van der Waals surface area contributed by atoms with Crippen molar-refractivity contribution >= 4 is 11.9 Å². The number of ether oxygens (including phenoxy) is 2. The molecule has 6 heteroatoms. The van der Waals surface area contributed by atoms with Crippen LogP contribution < -0.4 is 5.32 Å². The van der Waals surface area contributed by atoms with Crippen LogP contribution in [0.4, 0.5) is 0 Å². The standard InChI is InChI=1S/C41H73NO5/c1-4-6-8-10-12-14-16-18-20-22-24-26-28-30-32-34-40(44)46-38(36-42-3)39(37-43)47-41(45)35-33-31-29-27-25-23-21-19-17-15-13-11-9-7-5-2/h12-15,18-21,38-39,42-43H,4-11,16-17,22-37H2,1-3H3/b14-12-,15-13-,20-18-,21-19-/t38-,39-/m0/s1. The minimum atomic E-state index is -0.860. The summed E-state index contributed by atoms with van der Waals surface area (Å²) in [5.74, 6) is -0.653. The number of hydrogen-bond donors (Lipinski definition) is 2. The van der Waals surface area contributed by atoms with E-state index in [1.807, 2.05) is 0 Å². The Hall–Kier alpha value is -2.18. The van der Waals surface area contributed by atoms with Gasteiger partial charge in [-0.3, -0.25) is 9.59 Å². The molecule has 0 rings (SSSR count). The highest BCUT2D eigenvalue weighted by atomic mass is 16.6. The zero-order chi connectivity index (χ0) is 34.5. The Bertz CT molecular complexity index is 819. The van der Waals surface area contributed by atoms with Crippen LogP contribution in [0, 0.1) is 0 Å². The van der Waals surface area contributed by atoms with Gasteiger partial charge in [-0.25, -0.2) is 0 Å². The average Bonchev–Trinajstić information content (AvgIpc) is 3.07. The first-order valence-corrected chi connectivity index (χ1v) is 19.3. The lowest BCUT2D eigenvalue weighted by atomic mass is 10.1. The lowest BCUT2D eigenvalue weighted by molar-refractivity contribution is -0.171. The Morgan fingerprint density at radius 1 is 0.532 bits per heavy atom. The summed E-state index contributed by atoms with van der Waals surface area (Å²) >= 11 is 0. The molecule has 0 heterocycles. The van der Waals surface area contributed by atoms with Crippen molar-refractivity contribution < 1.29 is 24.2 Å². The number of carbonyl (C=O) groups excluding carboxylic acids is 2. The fourth-order valence-corrected chi connectivity index (χ4v) is 5.30. The van der Waals surface area contributed by atoms with Crippen molar-refractivity contribution in [1.82, 2.24) is 5.32 Å². The molecule has 2 atom stereocenters. The molecule has 0 aromatic heterocycles. The molecule has 0 spiro atoms. The van der Waals surface area contributed by atoms with Crippen molar-refractivity contribution in [3.05, 3.63) is 48.6 Å². The first kappa shape index (κ1) is 44.8. The number of aliphatic hydroxyl groups excluding tert-OH is 1. The summed E-state index contributed by atoms with van der Waals surface area (Å²) in [6.45, 7) is 4.41. The lowest BCUT2D eigenvalue weighted by Gasteiger charge is -2.25. The fourth-order valence-electron chi connectivity index (χ4n) is 5.30. The van der Waals surface area contributed by atoms with Crippen LogP contribution in [0.25, 0.3) is 0 Å². The Morgan fingerprint density at radius 3 is 1.28 bits per heavy atom. The lowest BCUT2D eigenvalue weighted by Crippen LogP contribution is -2.43. The monoisotopic (exact) mass is 660 g/mol. The summed E-state index contributed by atoms with van der Waals surface area (Å²) in [5.41, 5.74) is 0. The average molecular weight is 660 g/mol. The van der Waals surface area contributed by atoms with Crippen LogP contribution in [-0.4, -0.2) is 49.5 Å². The van der Waals surface area contributed by atoms with Crippen LogP contribution in [0.5, 0.6) is 0 Å². The molecule has 2 N–H and O–H groups in total. The van der Waals surface area contributed by atoms with Crippen LogP contribution in [0.1, 0.15) is 168 Å². The summed E-state index contributed by atoms with van der Waals surface area (Å²) in [5, 5.41) is 12.9. The van der Waals surface area contributed by atoms with Crippen molar-refractivity contribution in [3.8, 4) is 0 Å². The molecular weight excluding hydrogens is 586 g/mol. The molecule has 0 aliphatic heterocycles. The first-order chi connectivity index (χ1) is 23.1. The number of carbonyl (C=O) groups is 2. The zero-order valence-corrected chi connectivity index (χ0v) is 30.7. The van der Waals surface area contributed by atoms with Gasteiger partial charge >= 0.3 is 11.9 Å². The quantitative estimate of drug-likeness (QED) is 0.0406. The van der Waals surface area contributed by atoms with Gasteiger partial charge in [0.05, 0.1) is 6.61 Å². The largest absolute Gasteiger partial charge is 0.457 e. The smallest absolute Gasteiger partial charge is 0.306 e. The van der Waals surface area contributed by atoms with Crippen LogP contribution in [0.2, 0.25) is 0 Å². The third-order valence-electron chi connectivity index (χ3n) is 8.23. The Morgan fingerprint density at radius 2 is 0.894 bits per heavy atom. The van der Waals surface area contributed by atoms with Crippen molar-refractivity contribution in [3.63, 3.8) is 0 Å². The number of rotatable bonds is 34. The predicted octanol–water partition coefficient (Wildman–Crippen LogP) is 10.6. The van der Waals surface area contributed by atoms with Gasteiger partial charge in [0.1, 0.15) is 0 Å². The Balaban J connectivity index is 3.99. The van der Waals surface area contributed by atoms with Crippen molar-refractivity contribution in [2.45, 2.75) is 180 Å². The Kier molecular flexibility index (Phi) is 35.0. The van der Waals surface area contributed by atoms with E-state index in [1.165, 1.54) is 64.2 Å². The Labute approximate surface area is 289 Å². The molecule has 0 aromatic rings. The van der Waals surface area contributed by atoms with E-state index in [2.05, 4.69) is 67.8 Å². The van der Waals surface area contributed by atoms with Gasteiger partial charge in [0, 0.05) is 19.4 Å². The van der Waals surface area contributed by atoms with Crippen molar-refractivity contribution in [2.24, 2.45) is 0 Å². The number of allylic oxidation sites excluding steroid dienone is 8. The maximum atomic E-state index is 12.5. The molecule has 0 radical (unpaired) electrons. The van der Waals surface area contributed by atoms with Gasteiger partial charge in [-0.1, -0.05) is 127 Å². The highest BCUT2D eigenvalue weighted by molar-refractivity contribution is 5.70. The van der Waals surface area contributed by atoms with E-state index >= 15 is 0 Å². The molecule has 272 valence electrons. The van der Waals surface area contributed by atoms with E-state index in [1.54, 1.807) is 7.05 Å². The second-order valence-electron chi connectivity index (χ2n) is 12.8. The van der Waals surface area contributed by atoms with Gasteiger partial charge < -0.3 is 19.9 Å². The third kappa shape index (κ3) is 32.2. The van der Waals surface area contributed by atoms with E-state index in [4.69, 9.17) is 9.47 Å². The summed E-state index contributed by atoms with van der Waals surface area (Å²) in [6, 6.07) is 0. The normalized spacial score (nSPS) is 13.4. The molecule has 0 bridgehead atoms. The molecule has 0 fully saturated rings. The van der Waals surface area contributed by atoms with Crippen molar-refractivity contribution in [2.75, 3.05) is 20.2 Å². The highest BCUT2D eigenvalue weighted by Crippen LogP contribution is 2.13. The number of nitrogens with one attached hydrogen (secondary N) is 1. The van der Waals surface area contributed by atoms with E-state index in [0.29, 0.717) is 19.4 Å². The minimum absolute atomic E-state index is 0.306. The van der Waals surface area contributed by atoms with Gasteiger partial charge in [0.25, 0.3) is 0 Å². The second kappa shape index (κ2) is 36.7. The molecule has 6 nitrogen and oxygen atoms in total. The van der Waals surface area contributed by atoms with Gasteiger partial charge in [-0.05, 0) is 84.1 Å². The van der Waals surface area contributed by atoms with E-state index in [-0.39, 0.29) is 18.5 Å². The van der Waals surface area contributed by atoms with Crippen molar-refractivity contribution in [1.29, 1.82) is 0 Å². The summed E-state index contributed by atoms with van der Waals surface area (Å²) in [7, 11) is 1.75. The molecule has 47 heavy (non-hydrogen) atoms. The van der Waals surface area contributed by atoms with Crippen LogP contribution in [0.15, 0.2) is 48.6 Å². The summed E-state index contributed by atoms with van der Waals surface area (Å²) in [6.07, 6.45) is 42.0. The minimum Gasteiger partial charge on any atom is -0.457 e. The molecule has 0 unspecified atom stereocenters. The van der Waals surface area contributed by atoms with Crippen LogP contribution in [-0.2, 0) is 19.1 Å². The van der Waals surface area contributed by atoms with Gasteiger partial charge in [0.2, 0.25) is 0 Å². The maximum Gasteiger partial charge on any atom is 0.306 e. The summed E-state index contributed by atoms with van der Waals surface area (Å²) < 4.78 is 11.2. The number of likely N-dealkylation sites (N-methyl/N-ethyl adjacent to an activating group) is 1. The fraction of sp³-hybridized carbons (Fsp3) is 0.756. The number of hydrogen-bond acceptors (Lipinski definition) is 6. The third-order valence-corrected chi connectivity index (χ3v) is 8.23. The second-order valence-corrected chi connectivity index (χ2v) is 12.8. The van der Waals surface area contributed by atoms with Gasteiger partial charge in [0.15, 0.2) is 12.2 Å². The van der Waals surface area contributed by atoms with Crippen LogP contribution in [0.3, 0.4) is 0 Å². The van der Waals surface area contributed by atoms with E-state index < -0.39 is 12.2 Å². The van der Waals surface area contributed by atoms with Gasteiger partial charge in [-0.15, -0.1) is 0 Å². The first-order valence-electron chi connectivity index (χ1n) is 19.3. The highest BCUT2D eigenvalue weighted by Gasteiger charge is 2.27. The maximum absolute atomic E-state index is 12.5. The van der Waals surface area contributed by atoms with Crippen LogP contribution >= 0.6 is 0 Å².